The van der Waals surface area contributed by atoms with Gasteiger partial charge in [-0.15, -0.1) is 0 Å². The number of hydrogen-bond acceptors (Lipinski definition) is 3. The second-order valence-corrected chi connectivity index (χ2v) is 4.87. The van der Waals surface area contributed by atoms with E-state index in [0.717, 1.165) is 22.2 Å². The third kappa shape index (κ3) is 2.09. The van der Waals surface area contributed by atoms with Crippen molar-refractivity contribution in [2.75, 3.05) is 0 Å². The summed E-state index contributed by atoms with van der Waals surface area (Å²) in [7, 11) is 1.92. The fraction of sp³-hybridized carbons (Fsp3) is 0.188. The highest BCUT2D eigenvalue weighted by Crippen LogP contribution is 2.25. The van der Waals surface area contributed by atoms with E-state index in [1.165, 1.54) is 0 Å². The molecule has 102 valence electrons. The van der Waals surface area contributed by atoms with E-state index in [4.69, 9.17) is 5.73 Å². The number of hydrogen-bond donors (Lipinski definition) is 2. The number of aliphatic hydroxyl groups excluding tert-OH is 1. The fourth-order valence-electron chi connectivity index (χ4n) is 2.42. The standard InChI is InChI=1S/C16H17N3O/c1-19-14-8-7-11(10-17)9-13(14)18-16(19)15(20)12-5-3-2-4-6-12/h2-9,15,20H,10,17H2,1H3. The number of aryl methyl sites for hydroxylation is 1. The molecular formula is C16H17N3O. The minimum Gasteiger partial charge on any atom is -0.380 e. The molecule has 0 saturated carbocycles. The average molecular weight is 267 g/mol. The van der Waals surface area contributed by atoms with Gasteiger partial charge in [-0.2, -0.15) is 0 Å². The largest absolute Gasteiger partial charge is 0.380 e. The number of nitrogens with zero attached hydrogens (tertiary/aromatic N) is 2. The van der Waals surface area contributed by atoms with Crippen molar-refractivity contribution in [3.8, 4) is 0 Å². The van der Waals surface area contributed by atoms with Gasteiger partial charge in [0, 0.05) is 13.6 Å². The SMILES string of the molecule is Cn1c(C(O)c2ccccc2)nc2cc(CN)ccc21. The van der Waals surface area contributed by atoms with E-state index >= 15 is 0 Å². The number of aliphatic hydroxyl groups is 1. The van der Waals surface area contributed by atoms with Gasteiger partial charge in [0.1, 0.15) is 11.9 Å². The summed E-state index contributed by atoms with van der Waals surface area (Å²) in [5, 5.41) is 10.5. The van der Waals surface area contributed by atoms with E-state index in [1.54, 1.807) is 0 Å². The van der Waals surface area contributed by atoms with E-state index in [9.17, 15) is 5.11 Å². The number of nitrogens with two attached hydrogens (primary N) is 1. The Hall–Kier alpha value is -2.17. The van der Waals surface area contributed by atoms with Gasteiger partial charge in [0.2, 0.25) is 0 Å². The molecule has 0 aliphatic rings. The molecule has 0 amide bonds. The molecule has 0 radical (unpaired) electrons. The maximum atomic E-state index is 10.5. The lowest BCUT2D eigenvalue weighted by Gasteiger charge is -2.10. The van der Waals surface area contributed by atoms with Crippen LogP contribution in [0.5, 0.6) is 0 Å². The van der Waals surface area contributed by atoms with Crippen LogP contribution in [0, 0.1) is 0 Å². The van der Waals surface area contributed by atoms with Crippen molar-refractivity contribution in [2.45, 2.75) is 12.6 Å². The number of rotatable bonds is 3. The Morgan fingerprint density at radius 2 is 1.95 bits per heavy atom. The van der Waals surface area contributed by atoms with Gasteiger partial charge in [0.05, 0.1) is 11.0 Å². The van der Waals surface area contributed by atoms with Gasteiger partial charge in [-0.3, -0.25) is 0 Å². The third-order valence-corrected chi connectivity index (χ3v) is 3.58. The van der Waals surface area contributed by atoms with Crippen LogP contribution < -0.4 is 5.73 Å². The van der Waals surface area contributed by atoms with Crippen molar-refractivity contribution in [1.82, 2.24) is 9.55 Å². The summed E-state index contributed by atoms with van der Waals surface area (Å²) < 4.78 is 1.92. The summed E-state index contributed by atoms with van der Waals surface area (Å²) in [5.74, 6) is 0.639. The normalized spacial score (nSPS) is 12.8. The predicted molar refractivity (Wildman–Crippen MR) is 79.1 cm³/mol. The first-order valence-electron chi connectivity index (χ1n) is 6.59. The van der Waals surface area contributed by atoms with E-state index in [2.05, 4.69) is 4.98 Å². The lowest BCUT2D eigenvalue weighted by molar-refractivity contribution is 0.207. The van der Waals surface area contributed by atoms with Crippen LogP contribution in [0.4, 0.5) is 0 Å². The Labute approximate surface area is 117 Å². The molecule has 1 heterocycles. The van der Waals surface area contributed by atoms with E-state index in [1.807, 2.05) is 60.1 Å². The van der Waals surface area contributed by atoms with Crippen LogP contribution in [0.1, 0.15) is 23.1 Å². The van der Waals surface area contributed by atoms with Crippen LogP contribution in [-0.4, -0.2) is 14.7 Å². The molecule has 2 aromatic carbocycles. The van der Waals surface area contributed by atoms with Crippen LogP contribution >= 0.6 is 0 Å². The summed E-state index contributed by atoms with van der Waals surface area (Å²) in [6, 6.07) is 15.5. The summed E-state index contributed by atoms with van der Waals surface area (Å²) in [6.45, 7) is 0.489. The van der Waals surface area contributed by atoms with Crippen LogP contribution in [0.2, 0.25) is 0 Å². The third-order valence-electron chi connectivity index (χ3n) is 3.58. The fourth-order valence-corrected chi connectivity index (χ4v) is 2.42. The number of benzene rings is 2. The molecule has 0 aliphatic heterocycles. The number of aromatic nitrogens is 2. The number of imidazole rings is 1. The maximum absolute atomic E-state index is 10.5. The lowest BCUT2D eigenvalue weighted by atomic mass is 10.1. The molecule has 0 saturated heterocycles. The van der Waals surface area contributed by atoms with Gasteiger partial charge < -0.3 is 15.4 Å². The first kappa shape index (κ1) is 12.8. The van der Waals surface area contributed by atoms with Crippen molar-refractivity contribution >= 4 is 11.0 Å². The molecule has 3 N–H and O–H groups in total. The van der Waals surface area contributed by atoms with Gasteiger partial charge in [-0.05, 0) is 23.3 Å². The van der Waals surface area contributed by atoms with E-state index in [0.29, 0.717) is 12.4 Å². The molecule has 3 rings (SSSR count). The number of fused-ring (bicyclic) bond motifs is 1. The molecule has 0 fully saturated rings. The monoisotopic (exact) mass is 267 g/mol. The quantitative estimate of drug-likeness (QED) is 0.764. The van der Waals surface area contributed by atoms with Crippen LogP contribution in [0.15, 0.2) is 48.5 Å². The molecule has 0 aliphatic carbocycles. The first-order valence-corrected chi connectivity index (χ1v) is 6.59. The lowest BCUT2D eigenvalue weighted by Crippen LogP contribution is -2.06. The van der Waals surface area contributed by atoms with E-state index in [-0.39, 0.29) is 0 Å². The summed E-state index contributed by atoms with van der Waals surface area (Å²) in [4.78, 5) is 4.55. The zero-order valence-electron chi connectivity index (χ0n) is 11.3. The van der Waals surface area contributed by atoms with Crippen molar-refractivity contribution in [2.24, 2.45) is 12.8 Å². The molecule has 4 heteroatoms. The molecule has 0 bridgehead atoms. The molecule has 1 unspecified atom stereocenters. The second kappa shape index (κ2) is 5.07. The van der Waals surface area contributed by atoms with Crippen molar-refractivity contribution in [1.29, 1.82) is 0 Å². The predicted octanol–water partition coefficient (Wildman–Crippen LogP) is 2.11. The van der Waals surface area contributed by atoms with Gasteiger partial charge in [-0.25, -0.2) is 4.98 Å². The maximum Gasteiger partial charge on any atom is 0.143 e. The molecule has 0 spiro atoms. The van der Waals surface area contributed by atoms with Crippen LogP contribution in [0.3, 0.4) is 0 Å². The average Bonchev–Trinajstić information content (AvgIpc) is 2.84. The van der Waals surface area contributed by atoms with Gasteiger partial charge >= 0.3 is 0 Å². The van der Waals surface area contributed by atoms with Gasteiger partial charge in [-0.1, -0.05) is 36.4 Å². The molecule has 20 heavy (non-hydrogen) atoms. The van der Waals surface area contributed by atoms with Gasteiger partial charge in [0.25, 0.3) is 0 Å². The molecule has 3 aromatic rings. The molecule has 4 nitrogen and oxygen atoms in total. The van der Waals surface area contributed by atoms with E-state index < -0.39 is 6.10 Å². The minimum absolute atomic E-state index is 0.489. The zero-order valence-corrected chi connectivity index (χ0v) is 11.3. The Morgan fingerprint density at radius 1 is 1.20 bits per heavy atom. The Bertz CT molecular complexity index is 734. The summed E-state index contributed by atoms with van der Waals surface area (Å²) in [6.07, 6.45) is -0.727. The van der Waals surface area contributed by atoms with Crippen molar-refractivity contribution < 1.29 is 5.11 Å². The second-order valence-electron chi connectivity index (χ2n) is 4.87. The van der Waals surface area contributed by atoms with Crippen molar-refractivity contribution in [3.63, 3.8) is 0 Å². The summed E-state index contributed by atoms with van der Waals surface area (Å²) in [5.41, 5.74) is 9.38. The first-order chi connectivity index (χ1) is 9.70. The summed E-state index contributed by atoms with van der Waals surface area (Å²) >= 11 is 0. The minimum atomic E-state index is -0.727. The van der Waals surface area contributed by atoms with Crippen LogP contribution in [-0.2, 0) is 13.6 Å². The zero-order chi connectivity index (χ0) is 14.1. The Balaban J connectivity index is 2.10. The van der Waals surface area contributed by atoms with Crippen molar-refractivity contribution in [3.05, 3.63) is 65.5 Å². The smallest absolute Gasteiger partial charge is 0.143 e. The highest BCUT2D eigenvalue weighted by atomic mass is 16.3. The molecule has 1 atom stereocenters. The molecular weight excluding hydrogens is 250 g/mol. The van der Waals surface area contributed by atoms with Gasteiger partial charge in [0.15, 0.2) is 0 Å². The molecule has 1 aromatic heterocycles. The Morgan fingerprint density at radius 3 is 2.65 bits per heavy atom. The van der Waals surface area contributed by atoms with Crippen LogP contribution in [0.25, 0.3) is 11.0 Å². The Kier molecular flexibility index (Phi) is 3.26. The highest BCUT2D eigenvalue weighted by Gasteiger charge is 2.17. The topological polar surface area (TPSA) is 64.1 Å². The highest BCUT2D eigenvalue weighted by molar-refractivity contribution is 5.77.